The van der Waals surface area contributed by atoms with Crippen molar-refractivity contribution in [1.82, 2.24) is 14.2 Å². The van der Waals surface area contributed by atoms with Gasteiger partial charge in [-0.25, -0.2) is 13.4 Å². The maximum Gasteiger partial charge on any atom is 0.248 e. The van der Waals surface area contributed by atoms with E-state index in [0.29, 0.717) is 17.5 Å². The van der Waals surface area contributed by atoms with Gasteiger partial charge in [-0.1, -0.05) is 50.3 Å². The number of hydrogen-bond donors (Lipinski definition) is 1. The number of nitrogens with one attached hydrogen (secondary N) is 1. The number of sulfonamides is 1. The SMILES string of the molecule is O=C(Nc1nccs1)C(CC1CCCCC1)N1CCN(S(=O)(=O)c2ccccc2)CC1=O. The number of benzene rings is 1. The first kappa shape index (κ1) is 22.9. The Morgan fingerprint density at radius 2 is 1.91 bits per heavy atom. The summed E-state index contributed by atoms with van der Waals surface area (Å²) in [6.07, 6.45) is 7.81. The third-order valence-corrected chi connectivity index (χ3v) is 8.77. The van der Waals surface area contributed by atoms with E-state index in [1.165, 1.54) is 34.2 Å². The molecule has 172 valence electrons. The molecule has 1 saturated carbocycles. The van der Waals surface area contributed by atoms with Crippen molar-refractivity contribution >= 4 is 38.3 Å². The fourth-order valence-corrected chi connectivity index (χ4v) is 6.46. The normalized spacial score (nSPS) is 19.6. The largest absolute Gasteiger partial charge is 0.328 e. The van der Waals surface area contributed by atoms with E-state index >= 15 is 0 Å². The predicted molar refractivity (Wildman–Crippen MR) is 123 cm³/mol. The van der Waals surface area contributed by atoms with Crippen LogP contribution < -0.4 is 5.32 Å². The molecule has 1 aromatic carbocycles. The Hall–Kier alpha value is -2.30. The average molecular weight is 477 g/mol. The molecule has 1 aliphatic carbocycles. The molecule has 32 heavy (non-hydrogen) atoms. The van der Waals surface area contributed by atoms with Gasteiger partial charge >= 0.3 is 0 Å². The molecular weight excluding hydrogens is 448 g/mol. The zero-order valence-corrected chi connectivity index (χ0v) is 19.5. The number of carbonyl (C=O) groups excluding carboxylic acids is 2. The van der Waals surface area contributed by atoms with Gasteiger partial charge in [0.1, 0.15) is 6.04 Å². The van der Waals surface area contributed by atoms with Crippen LogP contribution in [-0.2, 0) is 19.6 Å². The number of hydrogen-bond acceptors (Lipinski definition) is 6. The smallest absolute Gasteiger partial charge is 0.248 e. The van der Waals surface area contributed by atoms with Crippen LogP contribution in [0.4, 0.5) is 5.13 Å². The van der Waals surface area contributed by atoms with Gasteiger partial charge in [-0.2, -0.15) is 4.31 Å². The summed E-state index contributed by atoms with van der Waals surface area (Å²) in [6.45, 7) is 0.0885. The summed E-state index contributed by atoms with van der Waals surface area (Å²) in [7, 11) is -3.76. The van der Waals surface area contributed by atoms with Crippen molar-refractivity contribution in [1.29, 1.82) is 0 Å². The van der Waals surface area contributed by atoms with Gasteiger partial charge in [0.15, 0.2) is 5.13 Å². The number of anilines is 1. The zero-order valence-electron chi connectivity index (χ0n) is 17.9. The number of aromatic nitrogens is 1. The lowest BCUT2D eigenvalue weighted by Gasteiger charge is -2.39. The molecule has 0 radical (unpaired) electrons. The Bertz CT molecular complexity index is 1020. The molecule has 2 aliphatic rings. The highest BCUT2D eigenvalue weighted by atomic mass is 32.2. The van der Waals surface area contributed by atoms with Crippen LogP contribution in [0.15, 0.2) is 46.8 Å². The Balaban J connectivity index is 1.49. The van der Waals surface area contributed by atoms with Crippen LogP contribution >= 0.6 is 11.3 Å². The van der Waals surface area contributed by atoms with Gasteiger partial charge in [-0.05, 0) is 24.5 Å². The van der Waals surface area contributed by atoms with E-state index in [0.717, 1.165) is 25.7 Å². The zero-order chi connectivity index (χ0) is 22.6. The molecule has 2 aromatic rings. The fourth-order valence-electron chi connectivity index (χ4n) is 4.53. The number of thiazole rings is 1. The first-order valence-corrected chi connectivity index (χ1v) is 13.3. The minimum atomic E-state index is -3.76. The topological polar surface area (TPSA) is 99.7 Å². The van der Waals surface area contributed by atoms with Crippen molar-refractivity contribution in [2.75, 3.05) is 25.0 Å². The molecule has 1 atom stereocenters. The second kappa shape index (κ2) is 10.1. The molecule has 1 aromatic heterocycles. The molecule has 1 saturated heterocycles. The van der Waals surface area contributed by atoms with Crippen LogP contribution in [0.5, 0.6) is 0 Å². The van der Waals surface area contributed by atoms with Crippen LogP contribution in [0.25, 0.3) is 0 Å². The van der Waals surface area contributed by atoms with E-state index < -0.39 is 16.1 Å². The van der Waals surface area contributed by atoms with E-state index in [4.69, 9.17) is 0 Å². The molecule has 4 rings (SSSR count). The van der Waals surface area contributed by atoms with Gasteiger partial charge in [-0.15, -0.1) is 11.3 Å². The average Bonchev–Trinajstić information content (AvgIpc) is 3.32. The molecule has 1 unspecified atom stereocenters. The van der Waals surface area contributed by atoms with E-state index in [2.05, 4.69) is 10.3 Å². The maximum atomic E-state index is 13.2. The second-order valence-electron chi connectivity index (χ2n) is 8.32. The summed E-state index contributed by atoms with van der Waals surface area (Å²) in [5, 5.41) is 5.12. The molecule has 2 heterocycles. The van der Waals surface area contributed by atoms with Gasteiger partial charge < -0.3 is 10.2 Å². The molecule has 2 fully saturated rings. The maximum absolute atomic E-state index is 13.2. The Labute approximate surface area is 192 Å². The van der Waals surface area contributed by atoms with Gasteiger partial charge in [0.25, 0.3) is 0 Å². The minimum Gasteiger partial charge on any atom is -0.328 e. The summed E-state index contributed by atoms with van der Waals surface area (Å²) < 4.78 is 27.1. The van der Waals surface area contributed by atoms with E-state index in [1.807, 2.05) is 0 Å². The first-order chi connectivity index (χ1) is 15.4. The molecular formula is C22H28N4O4S2. The van der Waals surface area contributed by atoms with Gasteiger partial charge in [-0.3, -0.25) is 9.59 Å². The number of carbonyl (C=O) groups is 2. The van der Waals surface area contributed by atoms with Crippen molar-refractivity contribution < 1.29 is 18.0 Å². The van der Waals surface area contributed by atoms with Gasteiger partial charge in [0.2, 0.25) is 21.8 Å². The molecule has 10 heteroatoms. The summed E-state index contributed by atoms with van der Waals surface area (Å²) in [4.78, 5) is 32.1. The minimum absolute atomic E-state index is 0.161. The highest BCUT2D eigenvalue weighted by molar-refractivity contribution is 7.89. The summed E-state index contributed by atoms with van der Waals surface area (Å²) in [5.41, 5.74) is 0. The number of amides is 2. The predicted octanol–water partition coefficient (Wildman–Crippen LogP) is 2.95. The standard InChI is InChI=1S/C22H28N4O4S2/c27-20-16-25(32(29,30)18-9-5-2-6-10-18)12-13-26(20)19(15-17-7-3-1-4-8-17)21(28)24-22-23-11-14-31-22/h2,5-6,9-11,14,17,19H,1,3-4,7-8,12-13,15-16H2,(H,23,24,28). The molecule has 8 nitrogen and oxygen atoms in total. The van der Waals surface area contributed by atoms with Crippen LogP contribution in [0.1, 0.15) is 38.5 Å². The summed E-state index contributed by atoms with van der Waals surface area (Å²) in [5.74, 6) is -0.209. The summed E-state index contributed by atoms with van der Waals surface area (Å²) in [6, 6.07) is 7.50. The van der Waals surface area contributed by atoms with Crippen molar-refractivity contribution in [3.05, 3.63) is 41.9 Å². The first-order valence-electron chi connectivity index (χ1n) is 11.0. The highest BCUT2D eigenvalue weighted by Gasteiger charge is 2.39. The van der Waals surface area contributed by atoms with Crippen LogP contribution in [-0.4, -0.2) is 60.1 Å². The lowest BCUT2D eigenvalue weighted by atomic mass is 9.84. The van der Waals surface area contributed by atoms with Crippen molar-refractivity contribution in [2.24, 2.45) is 5.92 Å². The summed E-state index contributed by atoms with van der Waals surface area (Å²) >= 11 is 1.33. The molecule has 1 aliphatic heterocycles. The van der Waals surface area contributed by atoms with Crippen molar-refractivity contribution in [2.45, 2.75) is 49.5 Å². The third-order valence-electron chi connectivity index (χ3n) is 6.23. The number of nitrogens with zero attached hydrogens (tertiary/aromatic N) is 3. The molecule has 0 bridgehead atoms. The van der Waals surface area contributed by atoms with E-state index in [-0.39, 0.29) is 36.3 Å². The quantitative estimate of drug-likeness (QED) is 0.662. The van der Waals surface area contributed by atoms with Gasteiger partial charge in [0, 0.05) is 24.7 Å². The fraction of sp³-hybridized carbons (Fsp3) is 0.500. The number of rotatable bonds is 7. The third kappa shape index (κ3) is 5.19. The monoisotopic (exact) mass is 476 g/mol. The van der Waals surface area contributed by atoms with E-state index in [9.17, 15) is 18.0 Å². The van der Waals surface area contributed by atoms with Crippen molar-refractivity contribution in [3.63, 3.8) is 0 Å². The Kier molecular flexibility index (Phi) is 7.22. The lowest BCUT2D eigenvalue weighted by Crippen LogP contribution is -2.58. The molecule has 2 amide bonds. The Morgan fingerprint density at radius 3 is 2.56 bits per heavy atom. The van der Waals surface area contributed by atoms with Crippen LogP contribution in [0.3, 0.4) is 0 Å². The van der Waals surface area contributed by atoms with Crippen molar-refractivity contribution in [3.8, 4) is 0 Å². The second-order valence-corrected chi connectivity index (χ2v) is 11.2. The number of piperazine rings is 1. The lowest BCUT2D eigenvalue weighted by molar-refractivity contribution is -0.142. The molecule has 1 N–H and O–H groups in total. The van der Waals surface area contributed by atoms with Gasteiger partial charge in [0.05, 0.1) is 11.4 Å². The van der Waals surface area contributed by atoms with Crippen LogP contribution in [0.2, 0.25) is 0 Å². The van der Waals surface area contributed by atoms with Crippen LogP contribution in [0, 0.1) is 5.92 Å². The highest BCUT2D eigenvalue weighted by Crippen LogP contribution is 2.30. The Morgan fingerprint density at radius 1 is 1.16 bits per heavy atom. The molecule has 0 spiro atoms. The van der Waals surface area contributed by atoms with E-state index in [1.54, 1.807) is 34.7 Å².